The van der Waals surface area contributed by atoms with Crippen molar-refractivity contribution in [2.24, 2.45) is 7.05 Å². The van der Waals surface area contributed by atoms with Crippen LogP contribution in [-0.2, 0) is 13.6 Å². The summed E-state index contributed by atoms with van der Waals surface area (Å²) in [5, 5.41) is 6.44. The number of aromatic nitrogens is 4. The Balaban J connectivity index is 2.70. The molecular weight excluding hydrogens is 144 g/mol. The summed E-state index contributed by atoms with van der Waals surface area (Å²) in [6.07, 6.45) is 2.06. The number of hydrogen-bond acceptors (Lipinski definition) is 2. The fourth-order valence-electron chi connectivity index (χ4n) is 0.875. The molecule has 0 saturated heterocycles. The molecule has 0 spiro atoms. The number of tetrazole rings is 1. The summed E-state index contributed by atoms with van der Waals surface area (Å²) >= 11 is 0. The first-order chi connectivity index (χ1) is 5.24. The van der Waals surface area contributed by atoms with E-state index in [0.29, 0.717) is 6.54 Å². The lowest BCUT2D eigenvalue weighted by Gasteiger charge is -1.85. The molecule has 1 aromatic rings. The van der Waals surface area contributed by atoms with E-state index in [2.05, 4.69) is 17.2 Å². The van der Waals surface area contributed by atoms with Crippen molar-refractivity contribution in [2.45, 2.75) is 26.3 Å². The zero-order valence-corrected chi connectivity index (χ0v) is 6.87. The number of rotatable bonds is 3. The van der Waals surface area contributed by atoms with Crippen molar-refractivity contribution in [2.75, 3.05) is 0 Å². The molecule has 5 heteroatoms. The van der Waals surface area contributed by atoms with E-state index in [4.69, 9.17) is 0 Å². The highest BCUT2D eigenvalue weighted by molar-refractivity contribution is 4.47. The predicted octanol–water partition coefficient (Wildman–Crippen LogP) is -0.804. The normalized spacial score (nSPS) is 10.4. The van der Waals surface area contributed by atoms with Crippen LogP contribution in [0, 0.1) is 0 Å². The van der Waals surface area contributed by atoms with Crippen molar-refractivity contribution in [1.29, 1.82) is 0 Å². The molecule has 0 aliphatic heterocycles. The number of aryl methyl sites for hydroxylation is 2. The van der Waals surface area contributed by atoms with E-state index < -0.39 is 0 Å². The number of nitrogens with zero attached hydrogens (tertiary/aromatic N) is 3. The molecule has 0 aromatic carbocycles. The van der Waals surface area contributed by atoms with E-state index in [0.717, 1.165) is 12.8 Å². The Labute approximate surface area is 64.6 Å². The maximum atomic E-state index is 11.0. The number of aromatic amines is 1. The first-order valence-electron chi connectivity index (χ1n) is 3.77. The van der Waals surface area contributed by atoms with Crippen molar-refractivity contribution in [1.82, 2.24) is 15.0 Å². The third-order valence-electron chi connectivity index (χ3n) is 1.46. The van der Waals surface area contributed by atoms with Crippen molar-refractivity contribution in [3.05, 3.63) is 10.5 Å². The van der Waals surface area contributed by atoms with Crippen LogP contribution in [0.25, 0.3) is 0 Å². The van der Waals surface area contributed by atoms with Gasteiger partial charge >= 0.3 is 5.69 Å². The fourth-order valence-corrected chi connectivity index (χ4v) is 0.875. The molecule has 0 radical (unpaired) electrons. The van der Waals surface area contributed by atoms with Gasteiger partial charge in [-0.25, -0.2) is 4.79 Å². The second-order valence-corrected chi connectivity index (χ2v) is 2.51. The molecule has 11 heavy (non-hydrogen) atoms. The minimum absolute atomic E-state index is 0.138. The Morgan fingerprint density at radius 2 is 2.45 bits per heavy atom. The average Bonchev–Trinajstić information content (AvgIpc) is 2.26. The van der Waals surface area contributed by atoms with E-state index in [1.165, 1.54) is 9.48 Å². The third-order valence-corrected chi connectivity index (χ3v) is 1.46. The van der Waals surface area contributed by atoms with Gasteiger partial charge in [0, 0.05) is 0 Å². The first-order valence-corrected chi connectivity index (χ1v) is 3.77. The van der Waals surface area contributed by atoms with Gasteiger partial charge in [0.05, 0.1) is 0 Å². The maximum absolute atomic E-state index is 11.0. The molecule has 1 aromatic heterocycles. The zero-order chi connectivity index (χ0) is 8.27. The topological polar surface area (TPSA) is 54.6 Å². The third kappa shape index (κ3) is 1.89. The summed E-state index contributed by atoms with van der Waals surface area (Å²) in [4.78, 5) is 12.4. The Bertz CT molecular complexity index is 274. The summed E-state index contributed by atoms with van der Waals surface area (Å²) in [7, 11) is 1.70. The highest BCUT2D eigenvalue weighted by atomic mass is 16.2. The molecule has 1 N–H and O–H groups in total. The highest BCUT2D eigenvalue weighted by Crippen LogP contribution is 1.86. The number of hydrogen-bond donors (Lipinski definition) is 1. The van der Waals surface area contributed by atoms with Gasteiger partial charge in [0.1, 0.15) is 18.8 Å². The average molecular weight is 157 g/mol. The van der Waals surface area contributed by atoms with Crippen LogP contribution >= 0.6 is 0 Å². The lowest BCUT2D eigenvalue weighted by atomic mass is 10.3. The van der Waals surface area contributed by atoms with Gasteiger partial charge in [0.2, 0.25) is 0 Å². The Kier molecular flexibility index (Phi) is 2.40. The van der Waals surface area contributed by atoms with Gasteiger partial charge in [-0.05, 0) is 6.42 Å². The van der Waals surface area contributed by atoms with E-state index >= 15 is 0 Å². The van der Waals surface area contributed by atoms with Crippen molar-refractivity contribution < 1.29 is 4.80 Å². The smallest absolute Gasteiger partial charge is 0.215 e. The van der Waals surface area contributed by atoms with E-state index in [9.17, 15) is 4.79 Å². The molecule has 1 heterocycles. The molecule has 62 valence electrons. The van der Waals surface area contributed by atoms with Gasteiger partial charge in [-0.2, -0.15) is 0 Å². The highest BCUT2D eigenvalue weighted by Gasteiger charge is 2.07. The van der Waals surface area contributed by atoms with Gasteiger partial charge in [0.25, 0.3) is 0 Å². The van der Waals surface area contributed by atoms with Crippen LogP contribution in [0.15, 0.2) is 4.79 Å². The van der Waals surface area contributed by atoms with Crippen LogP contribution in [0.4, 0.5) is 0 Å². The molecule has 0 bridgehead atoms. The molecule has 0 saturated carbocycles. The Morgan fingerprint density at radius 3 is 2.91 bits per heavy atom. The van der Waals surface area contributed by atoms with E-state index in [1.807, 2.05) is 0 Å². The maximum Gasteiger partial charge on any atom is 0.465 e. The molecule has 0 aliphatic rings. The van der Waals surface area contributed by atoms with Crippen LogP contribution in [-0.4, -0.2) is 15.0 Å². The molecule has 0 amide bonds. The fraction of sp³-hybridized carbons (Fsp3) is 0.833. The van der Waals surface area contributed by atoms with Crippen molar-refractivity contribution >= 4 is 0 Å². The largest absolute Gasteiger partial charge is 0.465 e. The number of unbranched alkanes of at least 4 members (excludes halogenated alkanes) is 1. The molecule has 5 nitrogen and oxygen atoms in total. The van der Waals surface area contributed by atoms with Crippen molar-refractivity contribution in [3.63, 3.8) is 0 Å². The van der Waals surface area contributed by atoms with Crippen LogP contribution in [0.5, 0.6) is 0 Å². The standard InChI is InChI=1S/C6H12N4O/c1-3-4-5-10-6(11)7-9(2)8-10/h3-5H2,1-2H3/p+1. The Morgan fingerprint density at radius 1 is 1.73 bits per heavy atom. The minimum atomic E-state index is -0.138. The summed E-state index contributed by atoms with van der Waals surface area (Å²) in [5.74, 6) is 0. The monoisotopic (exact) mass is 157 g/mol. The van der Waals surface area contributed by atoms with Crippen LogP contribution in [0.1, 0.15) is 19.8 Å². The van der Waals surface area contributed by atoms with Gasteiger partial charge < -0.3 is 0 Å². The summed E-state index contributed by atoms with van der Waals surface area (Å²) in [5.41, 5.74) is -0.138. The molecule has 0 unspecified atom stereocenters. The molecule has 1 rings (SSSR count). The van der Waals surface area contributed by atoms with E-state index in [-0.39, 0.29) is 5.69 Å². The zero-order valence-electron chi connectivity index (χ0n) is 6.87. The predicted molar refractivity (Wildman–Crippen MR) is 38.9 cm³/mol. The Hall–Kier alpha value is -1.13. The molecule has 0 atom stereocenters. The van der Waals surface area contributed by atoms with Crippen LogP contribution in [0.3, 0.4) is 0 Å². The van der Waals surface area contributed by atoms with Gasteiger partial charge in [-0.1, -0.05) is 22.8 Å². The summed E-state index contributed by atoms with van der Waals surface area (Å²) < 4.78 is 1.43. The SMILES string of the molecule is CCCCn1n[n+](C)[nH]c1=O. The number of H-pyrrole nitrogens is 1. The van der Waals surface area contributed by atoms with Crippen LogP contribution in [0.2, 0.25) is 0 Å². The number of nitrogens with one attached hydrogen (secondary N) is 1. The lowest BCUT2D eigenvalue weighted by Crippen LogP contribution is -2.35. The second-order valence-electron chi connectivity index (χ2n) is 2.51. The second kappa shape index (κ2) is 3.32. The van der Waals surface area contributed by atoms with Gasteiger partial charge in [0.15, 0.2) is 0 Å². The summed E-state index contributed by atoms with van der Waals surface area (Å²) in [6, 6.07) is 0. The molecule has 0 fully saturated rings. The van der Waals surface area contributed by atoms with Crippen LogP contribution < -0.4 is 10.5 Å². The van der Waals surface area contributed by atoms with E-state index in [1.54, 1.807) is 7.05 Å². The molecular formula is C6H13N4O+. The van der Waals surface area contributed by atoms with Gasteiger partial charge in [-0.15, -0.1) is 5.10 Å². The lowest BCUT2D eigenvalue weighted by molar-refractivity contribution is -0.786. The molecule has 0 aliphatic carbocycles. The van der Waals surface area contributed by atoms with Crippen molar-refractivity contribution in [3.8, 4) is 0 Å². The summed E-state index contributed by atoms with van der Waals surface area (Å²) in [6.45, 7) is 2.78. The minimum Gasteiger partial charge on any atom is -0.215 e. The van der Waals surface area contributed by atoms with Gasteiger partial charge in [-0.3, -0.25) is 0 Å². The first kappa shape index (κ1) is 7.97. The quantitative estimate of drug-likeness (QED) is 0.584.